The van der Waals surface area contributed by atoms with Crippen LogP contribution in [-0.4, -0.2) is 36.8 Å². The summed E-state index contributed by atoms with van der Waals surface area (Å²) in [6.07, 6.45) is 3.67. The average molecular weight is 329 g/mol. The zero-order valence-electron chi connectivity index (χ0n) is 13.5. The van der Waals surface area contributed by atoms with Gasteiger partial charge >= 0.3 is 0 Å². The van der Waals surface area contributed by atoms with Gasteiger partial charge in [-0.05, 0) is 31.4 Å². The van der Waals surface area contributed by atoms with Crippen molar-refractivity contribution in [1.29, 1.82) is 0 Å². The summed E-state index contributed by atoms with van der Waals surface area (Å²) >= 11 is 1.76. The Bertz CT molecular complexity index is 639. The molecular weight excluding hydrogens is 306 g/mol. The van der Waals surface area contributed by atoms with E-state index >= 15 is 0 Å². The van der Waals surface area contributed by atoms with Crippen molar-refractivity contribution in [3.8, 4) is 5.75 Å². The van der Waals surface area contributed by atoms with E-state index < -0.39 is 0 Å². The first kappa shape index (κ1) is 15.0. The van der Waals surface area contributed by atoms with Crippen LogP contribution in [0.2, 0.25) is 0 Å². The summed E-state index contributed by atoms with van der Waals surface area (Å²) in [5.74, 6) is 1.06. The van der Waals surface area contributed by atoms with Gasteiger partial charge in [-0.25, -0.2) is 4.98 Å². The number of aromatic nitrogens is 1. The molecule has 4 rings (SSSR count). The van der Waals surface area contributed by atoms with Crippen LogP contribution < -0.4 is 15.0 Å². The van der Waals surface area contributed by atoms with Gasteiger partial charge in [0.1, 0.15) is 11.9 Å². The van der Waals surface area contributed by atoms with Gasteiger partial charge in [0.2, 0.25) is 0 Å². The maximum absolute atomic E-state index is 6.01. The fourth-order valence-electron chi connectivity index (χ4n) is 3.43. The fourth-order valence-corrected chi connectivity index (χ4v) is 4.28. The van der Waals surface area contributed by atoms with Crippen LogP contribution in [0.25, 0.3) is 0 Å². The number of piperidine rings is 1. The van der Waals surface area contributed by atoms with Crippen molar-refractivity contribution in [1.82, 2.24) is 10.3 Å². The van der Waals surface area contributed by atoms with Crippen LogP contribution in [0.1, 0.15) is 24.1 Å². The van der Waals surface area contributed by atoms with E-state index in [1.54, 1.807) is 11.3 Å². The second-order valence-corrected chi connectivity index (χ2v) is 7.33. The molecule has 1 fully saturated rings. The van der Waals surface area contributed by atoms with Gasteiger partial charge in [-0.1, -0.05) is 18.2 Å². The summed E-state index contributed by atoms with van der Waals surface area (Å²) in [4.78, 5) is 7.01. The Morgan fingerprint density at radius 2 is 2.13 bits per heavy atom. The summed E-state index contributed by atoms with van der Waals surface area (Å²) in [7, 11) is 0. The number of nitrogens with zero attached hydrogens (tertiary/aromatic N) is 2. The first-order valence-electron chi connectivity index (χ1n) is 8.43. The Hall–Kier alpha value is -1.59. The van der Waals surface area contributed by atoms with Gasteiger partial charge in [0.15, 0.2) is 5.13 Å². The molecule has 0 bridgehead atoms. The maximum atomic E-state index is 6.01. The highest BCUT2D eigenvalue weighted by Crippen LogP contribution is 2.28. The summed E-state index contributed by atoms with van der Waals surface area (Å²) in [5.41, 5.74) is 2.47. The van der Waals surface area contributed by atoms with Crippen molar-refractivity contribution in [2.75, 3.05) is 24.5 Å². The van der Waals surface area contributed by atoms with E-state index in [4.69, 9.17) is 4.74 Å². The van der Waals surface area contributed by atoms with E-state index in [1.807, 2.05) is 6.07 Å². The number of anilines is 1. The highest BCUT2D eigenvalue weighted by Gasteiger charge is 2.25. The fraction of sp³-hybridized carbons (Fsp3) is 0.500. The minimum absolute atomic E-state index is 0.284. The number of rotatable bonds is 4. The lowest BCUT2D eigenvalue weighted by molar-refractivity contribution is 0.217. The molecule has 2 aliphatic heterocycles. The highest BCUT2D eigenvalue weighted by atomic mass is 32.1. The van der Waals surface area contributed by atoms with E-state index in [0.717, 1.165) is 37.5 Å². The first-order valence-corrected chi connectivity index (χ1v) is 9.31. The second-order valence-electron chi connectivity index (χ2n) is 6.49. The molecule has 23 heavy (non-hydrogen) atoms. The van der Waals surface area contributed by atoms with E-state index in [0.29, 0.717) is 6.04 Å². The summed E-state index contributed by atoms with van der Waals surface area (Å²) in [6.45, 7) is 5.19. The quantitative estimate of drug-likeness (QED) is 0.936. The van der Waals surface area contributed by atoms with Crippen molar-refractivity contribution < 1.29 is 4.74 Å². The standard InChI is InChI=1S/C18H23N3OS/c1-13-12-23-18(20-13)21-8-6-15(7-9-21)19-11-16-10-14-4-2-3-5-17(14)22-16/h2-5,12,15-16,19H,6-11H2,1H3/t16-/m0/s1. The number of benzene rings is 1. The van der Waals surface area contributed by atoms with Crippen molar-refractivity contribution in [3.63, 3.8) is 0 Å². The molecule has 0 unspecified atom stereocenters. The van der Waals surface area contributed by atoms with Gasteiger partial charge in [0.05, 0.1) is 5.69 Å². The third kappa shape index (κ3) is 3.35. The molecule has 3 heterocycles. The Balaban J connectivity index is 1.23. The number of para-hydroxylation sites is 1. The number of nitrogens with one attached hydrogen (secondary N) is 1. The van der Waals surface area contributed by atoms with Gasteiger partial charge in [-0.2, -0.15) is 0 Å². The Morgan fingerprint density at radius 1 is 1.30 bits per heavy atom. The summed E-state index contributed by atoms with van der Waals surface area (Å²) in [6, 6.07) is 8.98. The molecule has 0 aliphatic carbocycles. The molecule has 1 N–H and O–H groups in total. The highest BCUT2D eigenvalue weighted by molar-refractivity contribution is 7.13. The number of ether oxygens (including phenoxy) is 1. The van der Waals surface area contributed by atoms with E-state index in [2.05, 4.69) is 45.7 Å². The van der Waals surface area contributed by atoms with Crippen LogP contribution in [0.15, 0.2) is 29.6 Å². The molecule has 0 saturated carbocycles. The first-order chi connectivity index (χ1) is 11.3. The van der Waals surface area contributed by atoms with Gasteiger partial charge in [0, 0.05) is 37.5 Å². The lowest BCUT2D eigenvalue weighted by atomic mass is 10.0. The van der Waals surface area contributed by atoms with Gasteiger partial charge in [0.25, 0.3) is 0 Å². The third-order valence-electron chi connectivity index (χ3n) is 4.72. The number of hydrogen-bond acceptors (Lipinski definition) is 5. The lowest BCUT2D eigenvalue weighted by Crippen LogP contribution is -2.45. The van der Waals surface area contributed by atoms with Crippen LogP contribution in [-0.2, 0) is 6.42 Å². The van der Waals surface area contributed by atoms with E-state index in [1.165, 1.54) is 23.5 Å². The van der Waals surface area contributed by atoms with Crippen LogP contribution in [0.3, 0.4) is 0 Å². The average Bonchev–Trinajstić information content (AvgIpc) is 3.19. The number of aryl methyl sites for hydroxylation is 1. The number of hydrogen-bond donors (Lipinski definition) is 1. The lowest BCUT2D eigenvalue weighted by Gasteiger charge is -2.32. The van der Waals surface area contributed by atoms with Crippen LogP contribution in [0.5, 0.6) is 5.75 Å². The van der Waals surface area contributed by atoms with E-state index in [9.17, 15) is 0 Å². The van der Waals surface area contributed by atoms with Crippen LogP contribution >= 0.6 is 11.3 Å². The monoisotopic (exact) mass is 329 g/mol. The van der Waals surface area contributed by atoms with Crippen molar-refractivity contribution >= 4 is 16.5 Å². The molecule has 5 heteroatoms. The molecule has 122 valence electrons. The molecular formula is C18H23N3OS. The van der Waals surface area contributed by atoms with Crippen molar-refractivity contribution in [2.45, 2.75) is 38.3 Å². The minimum Gasteiger partial charge on any atom is -0.488 e. The van der Waals surface area contributed by atoms with Gasteiger partial charge in [-0.3, -0.25) is 0 Å². The zero-order chi connectivity index (χ0) is 15.6. The second kappa shape index (κ2) is 6.49. The summed E-state index contributed by atoms with van der Waals surface area (Å²) in [5, 5.41) is 7.02. The predicted molar refractivity (Wildman–Crippen MR) is 94.7 cm³/mol. The van der Waals surface area contributed by atoms with Crippen molar-refractivity contribution in [3.05, 3.63) is 40.9 Å². The molecule has 1 atom stereocenters. The minimum atomic E-state index is 0.284. The molecule has 0 spiro atoms. The molecule has 2 aliphatic rings. The Labute approximate surface area is 141 Å². The molecule has 1 saturated heterocycles. The topological polar surface area (TPSA) is 37.4 Å². The SMILES string of the molecule is Cc1csc(N2CCC(NC[C@@H]3Cc4ccccc4O3)CC2)n1. The zero-order valence-corrected chi connectivity index (χ0v) is 14.3. The third-order valence-corrected chi connectivity index (χ3v) is 5.74. The molecule has 2 aromatic rings. The van der Waals surface area contributed by atoms with E-state index in [-0.39, 0.29) is 6.10 Å². The Morgan fingerprint density at radius 3 is 2.87 bits per heavy atom. The van der Waals surface area contributed by atoms with Crippen LogP contribution in [0, 0.1) is 6.92 Å². The molecule has 1 aromatic heterocycles. The maximum Gasteiger partial charge on any atom is 0.185 e. The molecule has 4 nitrogen and oxygen atoms in total. The molecule has 1 aromatic carbocycles. The summed E-state index contributed by atoms with van der Waals surface area (Å²) < 4.78 is 6.01. The number of fused-ring (bicyclic) bond motifs is 1. The van der Waals surface area contributed by atoms with Crippen molar-refractivity contribution in [2.24, 2.45) is 0 Å². The van der Waals surface area contributed by atoms with Crippen LogP contribution in [0.4, 0.5) is 5.13 Å². The molecule has 0 radical (unpaired) electrons. The normalized spacial score (nSPS) is 21.3. The molecule has 0 amide bonds. The van der Waals surface area contributed by atoms with Gasteiger partial charge in [-0.15, -0.1) is 11.3 Å². The van der Waals surface area contributed by atoms with Gasteiger partial charge < -0.3 is 15.0 Å². The number of thiazole rings is 1. The smallest absolute Gasteiger partial charge is 0.185 e. The predicted octanol–water partition coefficient (Wildman–Crippen LogP) is 3.01. The largest absolute Gasteiger partial charge is 0.488 e. The Kier molecular flexibility index (Phi) is 4.23.